The molecule has 6 nitrogen and oxygen atoms in total. The molecule has 0 spiro atoms. The number of nitrogen functional groups attached to an aromatic ring is 1. The highest BCUT2D eigenvalue weighted by Crippen LogP contribution is 2.25. The monoisotopic (exact) mass is 300 g/mol. The fourth-order valence-corrected chi connectivity index (χ4v) is 3.69. The highest BCUT2D eigenvalue weighted by molar-refractivity contribution is 7.10. The molecule has 0 aliphatic carbocycles. The van der Waals surface area contributed by atoms with E-state index in [0.717, 1.165) is 42.9 Å². The minimum Gasteiger partial charge on any atom is -0.383 e. The van der Waals surface area contributed by atoms with Crippen LogP contribution in [0.2, 0.25) is 0 Å². The van der Waals surface area contributed by atoms with Crippen LogP contribution in [0.25, 0.3) is 11.0 Å². The molecule has 3 aromatic heterocycles. The van der Waals surface area contributed by atoms with E-state index in [4.69, 9.17) is 5.73 Å². The third kappa shape index (κ3) is 2.18. The molecule has 0 atom stereocenters. The van der Waals surface area contributed by atoms with E-state index in [-0.39, 0.29) is 0 Å². The minimum absolute atomic E-state index is 0.510. The second kappa shape index (κ2) is 4.78. The van der Waals surface area contributed by atoms with E-state index in [0.29, 0.717) is 5.82 Å². The van der Waals surface area contributed by atoms with Gasteiger partial charge in [0.1, 0.15) is 11.6 Å². The van der Waals surface area contributed by atoms with Gasteiger partial charge in [-0.1, -0.05) is 0 Å². The third-order valence-corrected chi connectivity index (χ3v) is 4.94. The number of hydrogen-bond donors (Lipinski definition) is 1. The molecule has 108 valence electrons. The molecule has 1 aliphatic heterocycles. The highest BCUT2D eigenvalue weighted by atomic mass is 32.1. The first-order valence-corrected chi connectivity index (χ1v) is 7.80. The Labute approximate surface area is 126 Å². The lowest BCUT2D eigenvalue weighted by atomic mass is 10.1. The van der Waals surface area contributed by atoms with E-state index in [1.807, 2.05) is 18.4 Å². The Morgan fingerprint density at radius 1 is 1.38 bits per heavy atom. The van der Waals surface area contributed by atoms with Crippen LogP contribution in [-0.4, -0.2) is 31.2 Å². The molecule has 3 aromatic rings. The Bertz CT molecular complexity index is 805. The van der Waals surface area contributed by atoms with Crippen molar-refractivity contribution in [2.75, 3.05) is 12.3 Å². The van der Waals surface area contributed by atoms with Crippen LogP contribution in [0, 0.1) is 0 Å². The molecule has 1 aliphatic rings. The Kier molecular flexibility index (Phi) is 2.90. The van der Waals surface area contributed by atoms with Gasteiger partial charge >= 0.3 is 0 Å². The molecule has 2 N–H and O–H groups in total. The van der Waals surface area contributed by atoms with Gasteiger partial charge in [-0.05, 0) is 23.4 Å². The summed E-state index contributed by atoms with van der Waals surface area (Å²) in [6, 6.07) is 2.21. The van der Waals surface area contributed by atoms with Crippen molar-refractivity contribution in [1.29, 1.82) is 0 Å². The lowest BCUT2D eigenvalue weighted by molar-refractivity contribution is 0.241. The summed E-state index contributed by atoms with van der Waals surface area (Å²) >= 11 is 1.85. The van der Waals surface area contributed by atoms with Gasteiger partial charge in [-0.25, -0.2) is 9.97 Å². The van der Waals surface area contributed by atoms with E-state index in [2.05, 4.69) is 31.4 Å². The number of rotatable bonds is 2. The number of thiophene rings is 1. The van der Waals surface area contributed by atoms with Crippen LogP contribution in [0.5, 0.6) is 0 Å². The van der Waals surface area contributed by atoms with Crippen LogP contribution >= 0.6 is 11.3 Å². The molecule has 7 heteroatoms. The average Bonchev–Trinajstić information content (AvgIpc) is 3.06. The van der Waals surface area contributed by atoms with Crippen molar-refractivity contribution in [3.63, 3.8) is 0 Å². The Balaban J connectivity index is 1.61. The van der Waals surface area contributed by atoms with Gasteiger partial charge in [-0.3, -0.25) is 9.58 Å². The van der Waals surface area contributed by atoms with E-state index in [1.54, 1.807) is 10.9 Å². The lowest BCUT2D eigenvalue weighted by Crippen LogP contribution is -2.30. The second-order valence-electron chi connectivity index (χ2n) is 5.36. The normalized spacial score (nSPS) is 15.5. The highest BCUT2D eigenvalue weighted by Gasteiger charge is 2.19. The summed E-state index contributed by atoms with van der Waals surface area (Å²) in [6.45, 7) is 2.73. The molecule has 0 amide bonds. The zero-order chi connectivity index (χ0) is 14.4. The van der Waals surface area contributed by atoms with Crippen molar-refractivity contribution in [3.8, 4) is 0 Å². The summed E-state index contributed by atoms with van der Waals surface area (Å²) in [5.74, 6) is 1.28. The maximum atomic E-state index is 6.01. The first kappa shape index (κ1) is 12.7. The zero-order valence-corrected chi connectivity index (χ0v) is 12.6. The van der Waals surface area contributed by atoms with Crippen LogP contribution in [-0.2, 0) is 26.6 Å². The minimum atomic E-state index is 0.510. The molecule has 0 aromatic carbocycles. The number of aryl methyl sites for hydroxylation is 1. The fraction of sp³-hybridized carbons (Fsp3) is 0.357. The molecule has 4 rings (SSSR count). The average molecular weight is 300 g/mol. The second-order valence-corrected chi connectivity index (χ2v) is 6.36. The van der Waals surface area contributed by atoms with Crippen molar-refractivity contribution < 1.29 is 0 Å². The zero-order valence-electron chi connectivity index (χ0n) is 11.8. The first-order chi connectivity index (χ1) is 10.2. The standard InChI is InChI=1S/C14H16N6S/c1-19-14-10(6-16-19)13(15)17-12(18-14)8-20-4-2-11-9(7-20)3-5-21-11/h3,5-6H,2,4,7-8H2,1H3,(H2,15,17,18). The summed E-state index contributed by atoms with van der Waals surface area (Å²) in [7, 11) is 1.87. The van der Waals surface area contributed by atoms with Crippen molar-refractivity contribution >= 4 is 28.2 Å². The molecule has 0 fully saturated rings. The summed E-state index contributed by atoms with van der Waals surface area (Å²) in [6.07, 6.45) is 2.82. The van der Waals surface area contributed by atoms with Gasteiger partial charge < -0.3 is 5.73 Å². The lowest BCUT2D eigenvalue weighted by Gasteiger charge is -2.26. The van der Waals surface area contributed by atoms with E-state index >= 15 is 0 Å². The van der Waals surface area contributed by atoms with Crippen molar-refractivity contribution in [2.24, 2.45) is 7.05 Å². The van der Waals surface area contributed by atoms with Crippen LogP contribution in [0.4, 0.5) is 5.82 Å². The van der Waals surface area contributed by atoms with Gasteiger partial charge in [0, 0.05) is 25.0 Å². The van der Waals surface area contributed by atoms with Gasteiger partial charge in [-0.15, -0.1) is 11.3 Å². The molecule has 4 heterocycles. The summed E-state index contributed by atoms with van der Waals surface area (Å²) < 4.78 is 1.74. The summed E-state index contributed by atoms with van der Waals surface area (Å²) in [5.41, 5.74) is 8.24. The maximum absolute atomic E-state index is 6.01. The summed E-state index contributed by atoms with van der Waals surface area (Å²) in [5, 5.41) is 7.18. The smallest absolute Gasteiger partial charge is 0.163 e. The number of hydrogen-bond acceptors (Lipinski definition) is 6. The Morgan fingerprint density at radius 3 is 3.19 bits per heavy atom. The number of nitrogens with two attached hydrogens (primary N) is 1. The number of aromatic nitrogens is 4. The first-order valence-electron chi connectivity index (χ1n) is 6.92. The largest absolute Gasteiger partial charge is 0.383 e. The fourth-order valence-electron chi connectivity index (χ4n) is 2.80. The van der Waals surface area contributed by atoms with Gasteiger partial charge in [0.15, 0.2) is 5.65 Å². The maximum Gasteiger partial charge on any atom is 0.163 e. The predicted molar refractivity (Wildman–Crippen MR) is 82.9 cm³/mol. The summed E-state index contributed by atoms with van der Waals surface area (Å²) in [4.78, 5) is 12.9. The predicted octanol–water partition coefficient (Wildman–Crippen LogP) is 1.57. The van der Waals surface area contributed by atoms with E-state index in [9.17, 15) is 0 Å². The third-order valence-electron chi connectivity index (χ3n) is 3.92. The number of fused-ring (bicyclic) bond motifs is 2. The molecule has 0 unspecified atom stereocenters. The number of anilines is 1. The van der Waals surface area contributed by atoms with Crippen molar-refractivity contribution in [2.45, 2.75) is 19.5 Å². The quantitative estimate of drug-likeness (QED) is 0.777. The van der Waals surface area contributed by atoms with Crippen LogP contribution in [0.15, 0.2) is 17.6 Å². The van der Waals surface area contributed by atoms with Crippen molar-refractivity contribution in [1.82, 2.24) is 24.6 Å². The van der Waals surface area contributed by atoms with Crippen LogP contribution in [0.1, 0.15) is 16.3 Å². The Morgan fingerprint density at radius 2 is 2.29 bits per heavy atom. The van der Waals surface area contributed by atoms with Gasteiger partial charge in [0.2, 0.25) is 0 Å². The number of nitrogens with zero attached hydrogens (tertiary/aromatic N) is 5. The molecular weight excluding hydrogens is 284 g/mol. The van der Waals surface area contributed by atoms with Gasteiger partial charge in [0.05, 0.1) is 18.1 Å². The van der Waals surface area contributed by atoms with Crippen LogP contribution in [0.3, 0.4) is 0 Å². The molecule has 0 saturated heterocycles. The van der Waals surface area contributed by atoms with E-state index < -0.39 is 0 Å². The van der Waals surface area contributed by atoms with Crippen LogP contribution < -0.4 is 5.73 Å². The molecule has 0 saturated carbocycles. The van der Waals surface area contributed by atoms with E-state index in [1.165, 1.54) is 10.4 Å². The molecular formula is C14H16N6S. The Hall–Kier alpha value is -1.99. The van der Waals surface area contributed by atoms with Gasteiger partial charge in [0.25, 0.3) is 0 Å². The van der Waals surface area contributed by atoms with Crippen molar-refractivity contribution in [3.05, 3.63) is 33.9 Å². The molecule has 0 bridgehead atoms. The molecule has 21 heavy (non-hydrogen) atoms. The SMILES string of the molecule is Cn1ncc2c(N)nc(CN3CCc4sccc4C3)nc21. The molecule has 0 radical (unpaired) electrons. The van der Waals surface area contributed by atoms with Gasteiger partial charge in [-0.2, -0.15) is 5.10 Å². The topological polar surface area (TPSA) is 72.9 Å².